The fourth-order valence-electron chi connectivity index (χ4n) is 2.55. The number of rotatable bonds is 5. The number of hydrogen-bond donors (Lipinski definition) is 3. The summed E-state index contributed by atoms with van der Waals surface area (Å²) < 4.78 is 26.2. The maximum absolute atomic E-state index is 12.5. The van der Waals surface area contributed by atoms with E-state index in [1.165, 1.54) is 24.3 Å². The molecule has 0 radical (unpaired) electrons. The van der Waals surface area contributed by atoms with Gasteiger partial charge in [-0.2, -0.15) is 5.10 Å². The standard InChI is InChI=1S/C16H14ClN7O2S/c17-11-1-4-13(5-2-11)27(25,26)9-15-22-23-16(24(15)18)20-12-3-6-14-10(7-12)8-19-21-14/h1-8H,9,18H2,(H,19,21)(H,20,23). The zero-order valence-corrected chi connectivity index (χ0v) is 15.4. The first kappa shape index (κ1) is 17.3. The van der Waals surface area contributed by atoms with Gasteiger partial charge in [-0.25, -0.2) is 13.1 Å². The van der Waals surface area contributed by atoms with Crippen LogP contribution in [0.1, 0.15) is 5.82 Å². The third-order valence-corrected chi connectivity index (χ3v) is 5.84. The highest BCUT2D eigenvalue weighted by Crippen LogP contribution is 2.22. The highest BCUT2D eigenvalue weighted by atomic mass is 35.5. The molecule has 2 aromatic heterocycles. The van der Waals surface area contributed by atoms with E-state index in [2.05, 4.69) is 25.7 Å². The van der Waals surface area contributed by atoms with Crippen molar-refractivity contribution >= 4 is 44.0 Å². The van der Waals surface area contributed by atoms with Crippen LogP contribution in [0, 0.1) is 0 Å². The molecule has 0 saturated carbocycles. The number of sulfone groups is 1. The molecule has 0 saturated heterocycles. The summed E-state index contributed by atoms with van der Waals surface area (Å²) in [6.07, 6.45) is 1.69. The second kappa shape index (κ2) is 6.56. The van der Waals surface area contributed by atoms with Crippen LogP contribution in [0.25, 0.3) is 10.9 Å². The molecule has 4 N–H and O–H groups in total. The lowest BCUT2D eigenvalue weighted by molar-refractivity contribution is 0.593. The normalized spacial score (nSPS) is 11.7. The number of halogens is 1. The minimum atomic E-state index is -3.64. The van der Waals surface area contributed by atoms with Gasteiger partial charge in [-0.1, -0.05) is 11.6 Å². The van der Waals surface area contributed by atoms with Crippen molar-refractivity contribution in [2.45, 2.75) is 10.6 Å². The molecule has 0 aliphatic carbocycles. The predicted octanol–water partition coefficient (Wildman–Crippen LogP) is 2.24. The zero-order valence-electron chi connectivity index (χ0n) is 13.8. The Morgan fingerprint density at radius 2 is 1.93 bits per heavy atom. The van der Waals surface area contributed by atoms with Crippen LogP contribution in [0.4, 0.5) is 11.6 Å². The number of nitrogens with two attached hydrogens (primary N) is 1. The minimum Gasteiger partial charge on any atom is -0.335 e. The number of hydrogen-bond acceptors (Lipinski definition) is 7. The Labute approximate surface area is 159 Å². The van der Waals surface area contributed by atoms with E-state index in [0.717, 1.165) is 21.3 Å². The molecular weight excluding hydrogens is 390 g/mol. The molecule has 0 aliphatic heterocycles. The number of aromatic nitrogens is 5. The molecule has 9 nitrogen and oxygen atoms in total. The van der Waals surface area contributed by atoms with Crippen LogP contribution in [0.15, 0.2) is 53.6 Å². The summed E-state index contributed by atoms with van der Waals surface area (Å²) >= 11 is 5.80. The van der Waals surface area contributed by atoms with E-state index in [9.17, 15) is 8.42 Å². The van der Waals surface area contributed by atoms with Crippen molar-refractivity contribution in [1.29, 1.82) is 0 Å². The van der Waals surface area contributed by atoms with E-state index >= 15 is 0 Å². The molecule has 0 atom stereocenters. The number of benzene rings is 2. The van der Waals surface area contributed by atoms with Crippen LogP contribution in [-0.2, 0) is 15.6 Å². The summed E-state index contributed by atoms with van der Waals surface area (Å²) in [5.41, 5.74) is 1.61. The number of nitrogens with zero attached hydrogens (tertiary/aromatic N) is 4. The van der Waals surface area contributed by atoms with Crippen molar-refractivity contribution in [2.75, 3.05) is 11.2 Å². The number of H-pyrrole nitrogens is 1. The molecule has 4 aromatic rings. The Morgan fingerprint density at radius 3 is 2.70 bits per heavy atom. The third kappa shape index (κ3) is 3.44. The van der Waals surface area contributed by atoms with Crippen LogP contribution < -0.4 is 11.2 Å². The minimum absolute atomic E-state index is 0.108. The molecular formula is C16H14ClN7O2S. The molecule has 0 bridgehead atoms. The first-order valence-electron chi connectivity index (χ1n) is 7.80. The molecule has 138 valence electrons. The van der Waals surface area contributed by atoms with Gasteiger partial charge in [-0.3, -0.25) is 5.10 Å². The number of aromatic amines is 1. The van der Waals surface area contributed by atoms with Crippen molar-refractivity contribution in [2.24, 2.45) is 0 Å². The predicted molar refractivity (Wildman–Crippen MR) is 102 cm³/mol. The van der Waals surface area contributed by atoms with Crippen molar-refractivity contribution < 1.29 is 8.42 Å². The molecule has 2 heterocycles. The summed E-state index contributed by atoms with van der Waals surface area (Å²) in [5, 5.41) is 19.0. The van der Waals surface area contributed by atoms with Crippen LogP contribution in [0.3, 0.4) is 0 Å². The number of anilines is 2. The van der Waals surface area contributed by atoms with Gasteiger partial charge in [0.2, 0.25) is 5.95 Å². The van der Waals surface area contributed by atoms with E-state index in [1.807, 2.05) is 18.2 Å². The SMILES string of the molecule is Nn1c(CS(=O)(=O)c2ccc(Cl)cc2)nnc1Nc1ccc2[nH]ncc2c1. The fourth-order valence-corrected chi connectivity index (χ4v) is 3.93. The molecule has 0 fully saturated rings. The van der Waals surface area contributed by atoms with Gasteiger partial charge >= 0.3 is 0 Å². The van der Waals surface area contributed by atoms with Crippen LogP contribution in [0.2, 0.25) is 5.02 Å². The fraction of sp³-hybridized carbons (Fsp3) is 0.0625. The van der Waals surface area contributed by atoms with Crippen LogP contribution in [0.5, 0.6) is 0 Å². The van der Waals surface area contributed by atoms with Gasteiger partial charge < -0.3 is 11.2 Å². The first-order valence-corrected chi connectivity index (χ1v) is 9.83. The van der Waals surface area contributed by atoms with Crippen LogP contribution in [-0.4, -0.2) is 33.5 Å². The number of fused-ring (bicyclic) bond motifs is 1. The summed E-state index contributed by atoms with van der Waals surface area (Å²) in [5.74, 6) is 5.92. The van der Waals surface area contributed by atoms with E-state index < -0.39 is 9.84 Å². The van der Waals surface area contributed by atoms with Gasteiger partial charge in [0.15, 0.2) is 15.7 Å². The Morgan fingerprint density at radius 1 is 1.15 bits per heavy atom. The molecule has 4 rings (SSSR count). The van der Waals surface area contributed by atoms with Crippen molar-refractivity contribution in [3.8, 4) is 0 Å². The highest BCUT2D eigenvalue weighted by molar-refractivity contribution is 7.90. The van der Waals surface area contributed by atoms with Crippen LogP contribution >= 0.6 is 11.6 Å². The number of nitrogens with one attached hydrogen (secondary N) is 2. The molecule has 0 amide bonds. The highest BCUT2D eigenvalue weighted by Gasteiger charge is 2.21. The molecule has 27 heavy (non-hydrogen) atoms. The van der Waals surface area contributed by atoms with E-state index in [1.54, 1.807) is 6.20 Å². The zero-order chi connectivity index (χ0) is 19.0. The van der Waals surface area contributed by atoms with E-state index in [4.69, 9.17) is 17.4 Å². The summed E-state index contributed by atoms with van der Waals surface area (Å²) in [6, 6.07) is 11.4. The lowest BCUT2D eigenvalue weighted by Crippen LogP contribution is -2.18. The Hall–Kier alpha value is -3.11. The second-order valence-electron chi connectivity index (χ2n) is 5.82. The molecule has 0 unspecified atom stereocenters. The van der Waals surface area contributed by atoms with Gasteiger partial charge in [0.25, 0.3) is 0 Å². The Kier molecular flexibility index (Phi) is 4.21. The summed E-state index contributed by atoms with van der Waals surface area (Å²) in [7, 11) is -3.64. The first-order chi connectivity index (χ1) is 12.9. The molecule has 11 heteroatoms. The van der Waals surface area contributed by atoms with Crippen molar-refractivity contribution in [1.82, 2.24) is 25.1 Å². The quantitative estimate of drug-likeness (QED) is 0.435. The monoisotopic (exact) mass is 403 g/mol. The number of nitrogen functional groups attached to an aromatic ring is 1. The van der Waals surface area contributed by atoms with E-state index in [-0.39, 0.29) is 22.4 Å². The van der Waals surface area contributed by atoms with Gasteiger partial charge in [-0.05, 0) is 42.5 Å². The average Bonchev–Trinajstić information content (AvgIpc) is 3.23. The molecule has 0 aliphatic rings. The topological polar surface area (TPSA) is 132 Å². The maximum Gasteiger partial charge on any atom is 0.247 e. The largest absolute Gasteiger partial charge is 0.335 e. The lowest BCUT2D eigenvalue weighted by Gasteiger charge is -2.07. The average molecular weight is 404 g/mol. The third-order valence-electron chi connectivity index (χ3n) is 3.95. The Bertz CT molecular complexity index is 1220. The van der Waals surface area contributed by atoms with Crippen molar-refractivity contribution in [3.63, 3.8) is 0 Å². The van der Waals surface area contributed by atoms with Gasteiger partial charge in [-0.15, -0.1) is 10.2 Å². The molecule has 0 spiro atoms. The van der Waals surface area contributed by atoms with Crippen molar-refractivity contribution in [3.05, 3.63) is 59.5 Å². The summed E-state index contributed by atoms with van der Waals surface area (Å²) in [4.78, 5) is 0.134. The smallest absolute Gasteiger partial charge is 0.247 e. The lowest BCUT2D eigenvalue weighted by atomic mass is 10.2. The van der Waals surface area contributed by atoms with Gasteiger partial charge in [0.1, 0.15) is 5.75 Å². The second-order valence-corrected chi connectivity index (χ2v) is 8.25. The molecule has 2 aromatic carbocycles. The maximum atomic E-state index is 12.5. The van der Waals surface area contributed by atoms with Gasteiger partial charge in [0.05, 0.1) is 16.6 Å². The Balaban J connectivity index is 1.57. The summed E-state index contributed by atoms with van der Waals surface area (Å²) in [6.45, 7) is 0. The van der Waals surface area contributed by atoms with E-state index in [0.29, 0.717) is 5.02 Å². The van der Waals surface area contributed by atoms with Gasteiger partial charge in [0, 0.05) is 16.1 Å².